The molecule has 0 spiro atoms. The molecule has 1 amide bonds. The van der Waals surface area contributed by atoms with Crippen LogP contribution in [-0.4, -0.2) is 40.4 Å². The molecule has 0 aliphatic carbocycles. The van der Waals surface area contributed by atoms with Gasteiger partial charge in [0.05, 0.1) is 18.5 Å². The summed E-state index contributed by atoms with van der Waals surface area (Å²) in [5, 5.41) is 20.2. The Hall–Kier alpha value is -1.66. The SMILES string of the molecule is CC.CC(=O)Nc1ccc(OCC(O)CO)nc1. The van der Waals surface area contributed by atoms with E-state index in [-0.39, 0.29) is 19.1 Å². The van der Waals surface area contributed by atoms with Crippen LogP contribution in [0.5, 0.6) is 5.88 Å². The summed E-state index contributed by atoms with van der Waals surface area (Å²) in [4.78, 5) is 14.6. The van der Waals surface area contributed by atoms with Gasteiger partial charge in [0.25, 0.3) is 0 Å². The van der Waals surface area contributed by atoms with Crippen molar-refractivity contribution < 1.29 is 19.7 Å². The highest BCUT2D eigenvalue weighted by molar-refractivity contribution is 5.88. The fourth-order valence-corrected chi connectivity index (χ4v) is 0.977. The summed E-state index contributed by atoms with van der Waals surface area (Å²) < 4.78 is 5.08. The van der Waals surface area contributed by atoms with Crippen LogP contribution in [0.15, 0.2) is 18.3 Å². The number of amides is 1. The van der Waals surface area contributed by atoms with Gasteiger partial charge in [-0.25, -0.2) is 4.98 Å². The number of aromatic nitrogens is 1. The number of carbonyl (C=O) groups excluding carboxylic acids is 1. The molecule has 0 fully saturated rings. The van der Waals surface area contributed by atoms with Crippen molar-refractivity contribution in [1.29, 1.82) is 0 Å². The van der Waals surface area contributed by atoms with Crippen molar-refractivity contribution >= 4 is 11.6 Å². The van der Waals surface area contributed by atoms with Gasteiger partial charge in [0, 0.05) is 13.0 Å². The van der Waals surface area contributed by atoms with Crippen molar-refractivity contribution in [2.75, 3.05) is 18.5 Å². The zero-order valence-corrected chi connectivity index (χ0v) is 10.9. The monoisotopic (exact) mass is 256 g/mol. The first-order valence-electron chi connectivity index (χ1n) is 5.77. The number of nitrogens with one attached hydrogen (secondary N) is 1. The number of rotatable bonds is 5. The minimum Gasteiger partial charge on any atom is -0.475 e. The number of hydrogen-bond donors (Lipinski definition) is 3. The first-order valence-corrected chi connectivity index (χ1v) is 5.77. The van der Waals surface area contributed by atoms with E-state index >= 15 is 0 Å². The van der Waals surface area contributed by atoms with E-state index in [2.05, 4.69) is 10.3 Å². The van der Waals surface area contributed by atoms with Crippen LogP contribution in [0.25, 0.3) is 0 Å². The third-order valence-corrected chi connectivity index (χ3v) is 1.69. The molecule has 102 valence electrons. The summed E-state index contributed by atoms with van der Waals surface area (Å²) in [6.07, 6.45) is 0.527. The lowest BCUT2D eigenvalue weighted by molar-refractivity contribution is -0.114. The largest absolute Gasteiger partial charge is 0.475 e. The zero-order chi connectivity index (χ0) is 14.0. The van der Waals surface area contributed by atoms with Crippen LogP contribution in [0.1, 0.15) is 20.8 Å². The van der Waals surface area contributed by atoms with Gasteiger partial charge >= 0.3 is 0 Å². The minimum atomic E-state index is -0.920. The standard InChI is InChI=1S/C10H14N2O4.C2H6/c1-7(14)12-8-2-3-10(11-4-8)16-6-9(15)5-13;1-2/h2-4,9,13,15H,5-6H2,1H3,(H,12,14);1-2H3. The number of anilines is 1. The summed E-state index contributed by atoms with van der Waals surface area (Å²) in [7, 11) is 0. The Labute approximate surface area is 107 Å². The maximum absolute atomic E-state index is 10.7. The van der Waals surface area contributed by atoms with Crippen molar-refractivity contribution in [2.24, 2.45) is 0 Å². The molecule has 0 saturated carbocycles. The molecule has 1 aromatic rings. The Balaban J connectivity index is 0.00000137. The van der Waals surface area contributed by atoms with Crippen molar-refractivity contribution in [3.05, 3.63) is 18.3 Å². The smallest absolute Gasteiger partial charge is 0.221 e. The molecule has 0 saturated heterocycles. The number of nitrogens with zero attached hydrogens (tertiary/aromatic N) is 1. The first kappa shape index (κ1) is 16.3. The molecule has 6 nitrogen and oxygen atoms in total. The van der Waals surface area contributed by atoms with Gasteiger partial charge in [-0.05, 0) is 6.07 Å². The second kappa shape index (κ2) is 9.38. The molecule has 0 aliphatic heterocycles. The minimum absolute atomic E-state index is 0.0248. The van der Waals surface area contributed by atoms with Crippen LogP contribution in [-0.2, 0) is 4.79 Å². The number of aliphatic hydroxyl groups excluding tert-OH is 2. The predicted molar refractivity (Wildman–Crippen MR) is 68.5 cm³/mol. The Morgan fingerprint density at radius 1 is 1.50 bits per heavy atom. The quantitative estimate of drug-likeness (QED) is 0.724. The highest BCUT2D eigenvalue weighted by atomic mass is 16.5. The summed E-state index contributed by atoms with van der Waals surface area (Å²) in [5.74, 6) is 0.146. The molecule has 3 N–H and O–H groups in total. The van der Waals surface area contributed by atoms with Crippen molar-refractivity contribution in [2.45, 2.75) is 26.9 Å². The van der Waals surface area contributed by atoms with Gasteiger partial charge in [-0.2, -0.15) is 0 Å². The van der Waals surface area contributed by atoms with Gasteiger partial charge in [0.1, 0.15) is 12.7 Å². The van der Waals surface area contributed by atoms with E-state index in [4.69, 9.17) is 14.9 Å². The molecule has 1 unspecified atom stereocenters. The van der Waals surface area contributed by atoms with Gasteiger partial charge < -0.3 is 20.3 Å². The number of pyridine rings is 1. The molecule has 1 aromatic heterocycles. The average molecular weight is 256 g/mol. The molecule has 0 bridgehead atoms. The van der Waals surface area contributed by atoms with E-state index in [1.807, 2.05) is 13.8 Å². The maximum atomic E-state index is 10.7. The molecule has 1 heterocycles. The summed E-state index contributed by atoms with van der Waals surface area (Å²) in [6, 6.07) is 3.20. The molecule has 6 heteroatoms. The van der Waals surface area contributed by atoms with Crippen molar-refractivity contribution in [3.8, 4) is 5.88 Å². The maximum Gasteiger partial charge on any atom is 0.221 e. The summed E-state index contributed by atoms with van der Waals surface area (Å²) in [5.41, 5.74) is 0.572. The molecule has 0 radical (unpaired) electrons. The van der Waals surface area contributed by atoms with Crippen LogP contribution >= 0.6 is 0 Å². The Morgan fingerprint density at radius 3 is 2.61 bits per heavy atom. The van der Waals surface area contributed by atoms with Gasteiger partial charge in [-0.1, -0.05) is 13.8 Å². The van der Waals surface area contributed by atoms with E-state index in [0.29, 0.717) is 11.6 Å². The molecule has 0 aromatic carbocycles. The second-order valence-corrected chi connectivity index (χ2v) is 3.21. The van der Waals surface area contributed by atoms with E-state index < -0.39 is 6.10 Å². The van der Waals surface area contributed by atoms with Gasteiger partial charge in [-0.15, -0.1) is 0 Å². The number of ether oxygens (including phenoxy) is 1. The Bertz CT molecular complexity index is 340. The van der Waals surface area contributed by atoms with E-state index in [1.54, 1.807) is 12.1 Å². The highest BCUT2D eigenvalue weighted by Gasteiger charge is 2.03. The average Bonchev–Trinajstić information content (AvgIpc) is 2.39. The number of aliphatic hydroxyl groups is 2. The van der Waals surface area contributed by atoms with Crippen LogP contribution in [0, 0.1) is 0 Å². The Kier molecular flexibility index (Phi) is 8.51. The van der Waals surface area contributed by atoms with E-state index in [0.717, 1.165) is 0 Å². The second-order valence-electron chi connectivity index (χ2n) is 3.21. The van der Waals surface area contributed by atoms with Crippen molar-refractivity contribution in [3.63, 3.8) is 0 Å². The molecular formula is C12H20N2O4. The molecule has 18 heavy (non-hydrogen) atoms. The fourth-order valence-electron chi connectivity index (χ4n) is 0.977. The van der Waals surface area contributed by atoms with Gasteiger partial charge in [0.2, 0.25) is 11.8 Å². The van der Waals surface area contributed by atoms with Crippen LogP contribution in [0.4, 0.5) is 5.69 Å². The first-order chi connectivity index (χ1) is 8.61. The lowest BCUT2D eigenvalue weighted by Gasteiger charge is -2.09. The molecule has 0 aliphatic rings. The molecular weight excluding hydrogens is 236 g/mol. The summed E-state index contributed by atoms with van der Waals surface area (Å²) in [6.45, 7) is 5.02. The number of hydrogen-bond acceptors (Lipinski definition) is 5. The van der Waals surface area contributed by atoms with Gasteiger partial charge in [-0.3, -0.25) is 4.79 Å². The molecule has 1 atom stereocenters. The van der Waals surface area contributed by atoms with E-state index in [1.165, 1.54) is 13.1 Å². The highest BCUT2D eigenvalue weighted by Crippen LogP contribution is 2.11. The Morgan fingerprint density at radius 2 is 2.17 bits per heavy atom. The zero-order valence-electron chi connectivity index (χ0n) is 10.9. The predicted octanol–water partition coefficient (Wildman–Crippen LogP) is 0.798. The third kappa shape index (κ3) is 6.82. The summed E-state index contributed by atoms with van der Waals surface area (Å²) >= 11 is 0. The lowest BCUT2D eigenvalue weighted by atomic mass is 10.4. The normalized spacial score (nSPS) is 10.9. The number of carbonyl (C=O) groups is 1. The van der Waals surface area contributed by atoms with Crippen LogP contribution in [0.2, 0.25) is 0 Å². The third-order valence-electron chi connectivity index (χ3n) is 1.69. The van der Waals surface area contributed by atoms with Gasteiger partial charge in [0.15, 0.2) is 0 Å². The topological polar surface area (TPSA) is 91.7 Å². The fraction of sp³-hybridized carbons (Fsp3) is 0.500. The van der Waals surface area contributed by atoms with Crippen LogP contribution in [0.3, 0.4) is 0 Å². The molecule has 1 rings (SSSR count). The van der Waals surface area contributed by atoms with E-state index in [9.17, 15) is 4.79 Å². The lowest BCUT2D eigenvalue weighted by Crippen LogP contribution is -2.21. The van der Waals surface area contributed by atoms with Crippen molar-refractivity contribution in [1.82, 2.24) is 4.98 Å². The van der Waals surface area contributed by atoms with Crippen LogP contribution < -0.4 is 10.1 Å².